The number of aromatic nitrogens is 2. The number of hydrogen-bond acceptors (Lipinski definition) is 7. The molecule has 0 aliphatic heterocycles. The molecule has 1 atom stereocenters. The zero-order valence-electron chi connectivity index (χ0n) is 19.0. The maximum Gasteiger partial charge on any atom is 0.320 e. The van der Waals surface area contributed by atoms with Crippen LogP contribution in [0.25, 0.3) is 0 Å². The van der Waals surface area contributed by atoms with E-state index in [0.717, 1.165) is 25.7 Å². The fraction of sp³-hybridized carbons (Fsp3) is 0.773. The molecule has 166 valence electrons. The summed E-state index contributed by atoms with van der Waals surface area (Å²) in [6.07, 6.45) is 8.79. The van der Waals surface area contributed by atoms with Gasteiger partial charge in [0.25, 0.3) is 0 Å². The second-order valence-electron chi connectivity index (χ2n) is 7.91. The van der Waals surface area contributed by atoms with E-state index >= 15 is 0 Å². The summed E-state index contributed by atoms with van der Waals surface area (Å²) in [7, 11) is 3.10. The van der Waals surface area contributed by atoms with Crippen molar-refractivity contribution in [1.82, 2.24) is 9.97 Å². The summed E-state index contributed by atoms with van der Waals surface area (Å²) in [6.45, 7) is 9.00. The number of ether oxygens (including phenoxy) is 3. The van der Waals surface area contributed by atoms with Crippen LogP contribution in [0.5, 0.6) is 11.8 Å². The minimum Gasteiger partial charge on any atom is -0.481 e. The average Bonchev–Trinajstić information content (AvgIpc) is 2.71. The van der Waals surface area contributed by atoms with Crippen LogP contribution >= 0.6 is 11.8 Å². The van der Waals surface area contributed by atoms with Crippen LogP contribution in [-0.2, 0) is 9.53 Å². The molecule has 0 bridgehead atoms. The molecule has 0 aliphatic carbocycles. The second kappa shape index (κ2) is 13.7. The first kappa shape index (κ1) is 25.5. The van der Waals surface area contributed by atoms with Gasteiger partial charge in [0, 0.05) is 0 Å². The SMILES string of the molecule is CCCCCCCC(C)(C)C(Sc1nc(OC)cc(OC)n1)C(=O)OCCCC. The summed E-state index contributed by atoms with van der Waals surface area (Å²) >= 11 is 1.33. The fourth-order valence-corrected chi connectivity index (χ4v) is 4.08. The predicted molar refractivity (Wildman–Crippen MR) is 118 cm³/mol. The van der Waals surface area contributed by atoms with Crippen LogP contribution < -0.4 is 9.47 Å². The summed E-state index contributed by atoms with van der Waals surface area (Å²) in [4.78, 5) is 21.7. The number of carbonyl (C=O) groups is 1. The van der Waals surface area contributed by atoms with E-state index in [4.69, 9.17) is 14.2 Å². The number of carbonyl (C=O) groups excluding carboxylic acids is 1. The summed E-state index contributed by atoms with van der Waals surface area (Å²) in [6, 6.07) is 1.62. The Morgan fingerprint density at radius 1 is 1.00 bits per heavy atom. The second-order valence-corrected chi connectivity index (χ2v) is 8.98. The predicted octanol–water partition coefficient (Wildman–Crippen LogP) is 5.68. The highest BCUT2D eigenvalue weighted by atomic mass is 32.2. The molecule has 0 N–H and O–H groups in total. The molecule has 29 heavy (non-hydrogen) atoms. The van der Waals surface area contributed by atoms with Crippen molar-refractivity contribution in [3.8, 4) is 11.8 Å². The maximum absolute atomic E-state index is 13.0. The quantitative estimate of drug-likeness (QED) is 0.154. The van der Waals surface area contributed by atoms with E-state index in [2.05, 4.69) is 37.7 Å². The molecule has 6 nitrogen and oxygen atoms in total. The number of hydrogen-bond donors (Lipinski definition) is 0. The molecule has 1 rings (SSSR count). The zero-order valence-corrected chi connectivity index (χ0v) is 19.8. The van der Waals surface area contributed by atoms with Crippen molar-refractivity contribution in [2.24, 2.45) is 5.41 Å². The van der Waals surface area contributed by atoms with Crippen molar-refractivity contribution in [2.45, 2.75) is 89.5 Å². The monoisotopic (exact) mass is 426 g/mol. The lowest BCUT2D eigenvalue weighted by molar-refractivity contribution is -0.145. The molecule has 0 amide bonds. The Bertz CT molecular complexity index is 588. The molecule has 0 spiro atoms. The zero-order chi connectivity index (χ0) is 21.7. The van der Waals surface area contributed by atoms with E-state index in [1.54, 1.807) is 20.3 Å². The lowest BCUT2D eigenvalue weighted by Crippen LogP contribution is -2.36. The normalized spacial score (nSPS) is 12.5. The van der Waals surface area contributed by atoms with Crippen LogP contribution in [0.4, 0.5) is 0 Å². The first-order valence-corrected chi connectivity index (χ1v) is 11.6. The highest BCUT2D eigenvalue weighted by Gasteiger charge is 2.38. The Labute approximate surface area is 180 Å². The van der Waals surface area contributed by atoms with Crippen molar-refractivity contribution >= 4 is 17.7 Å². The van der Waals surface area contributed by atoms with Crippen molar-refractivity contribution < 1.29 is 19.0 Å². The van der Waals surface area contributed by atoms with Crippen molar-refractivity contribution in [1.29, 1.82) is 0 Å². The smallest absolute Gasteiger partial charge is 0.320 e. The molecule has 1 aromatic heterocycles. The van der Waals surface area contributed by atoms with E-state index in [0.29, 0.717) is 23.5 Å². The minimum absolute atomic E-state index is 0.201. The number of rotatable bonds is 15. The van der Waals surface area contributed by atoms with Crippen LogP contribution in [-0.4, -0.2) is 42.0 Å². The maximum atomic E-state index is 13.0. The highest BCUT2D eigenvalue weighted by Crippen LogP contribution is 2.40. The standard InChI is InChI=1S/C22H38N2O4S/c1-7-9-11-12-13-14-22(3,4)19(20(25)28-15-10-8-2)29-21-23-17(26-5)16-18(24-21)27-6/h16,19H,7-15H2,1-6H3. The number of unbranched alkanes of at least 4 members (excludes halogenated alkanes) is 5. The third kappa shape index (κ3) is 9.24. The Morgan fingerprint density at radius 2 is 1.59 bits per heavy atom. The lowest BCUT2D eigenvalue weighted by Gasteiger charge is -2.32. The van der Waals surface area contributed by atoms with Gasteiger partial charge in [-0.05, 0) is 18.3 Å². The van der Waals surface area contributed by atoms with E-state index in [1.165, 1.54) is 37.4 Å². The van der Waals surface area contributed by atoms with Gasteiger partial charge in [0.05, 0.1) is 26.9 Å². The molecule has 0 saturated carbocycles. The molecule has 0 aliphatic rings. The van der Waals surface area contributed by atoms with Gasteiger partial charge in [0.2, 0.25) is 11.8 Å². The van der Waals surface area contributed by atoms with E-state index in [-0.39, 0.29) is 11.4 Å². The van der Waals surface area contributed by atoms with Crippen LogP contribution in [0.3, 0.4) is 0 Å². The van der Waals surface area contributed by atoms with Crippen LogP contribution in [0.15, 0.2) is 11.2 Å². The summed E-state index contributed by atoms with van der Waals surface area (Å²) in [5.74, 6) is 0.622. The molecule has 0 aromatic carbocycles. The third-order valence-electron chi connectivity index (χ3n) is 4.89. The first-order chi connectivity index (χ1) is 13.9. The molecule has 0 saturated heterocycles. The van der Waals surface area contributed by atoms with E-state index in [1.807, 2.05) is 0 Å². The van der Waals surface area contributed by atoms with Gasteiger partial charge >= 0.3 is 5.97 Å². The number of methoxy groups -OCH3 is 2. The van der Waals surface area contributed by atoms with Gasteiger partial charge in [-0.2, -0.15) is 9.97 Å². The molecule has 0 fully saturated rings. The first-order valence-electron chi connectivity index (χ1n) is 10.7. The lowest BCUT2D eigenvalue weighted by atomic mass is 9.83. The summed E-state index contributed by atoms with van der Waals surface area (Å²) in [5.41, 5.74) is -0.250. The van der Waals surface area contributed by atoms with Gasteiger partial charge in [0.1, 0.15) is 5.25 Å². The van der Waals surface area contributed by atoms with Crippen molar-refractivity contribution in [2.75, 3.05) is 20.8 Å². The average molecular weight is 427 g/mol. The molecular weight excluding hydrogens is 388 g/mol. The van der Waals surface area contributed by atoms with Crippen LogP contribution in [0.1, 0.15) is 79.1 Å². The minimum atomic E-state index is -0.401. The molecule has 1 heterocycles. The molecule has 1 unspecified atom stereocenters. The van der Waals surface area contributed by atoms with Gasteiger partial charge in [-0.25, -0.2) is 0 Å². The Kier molecular flexibility index (Phi) is 12.0. The molecule has 7 heteroatoms. The van der Waals surface area contributed by atoms with Gasteiger partial charge in [0.15, 0.2) is 5.16 Å². The van der Waals surface area contributed by atoms with E-state index < -0.39 is 5.25 Å². The fourth-order valence-electron chi connectivity index (χ4n) is 2.99. The van der Waals surface area contributed by atoms with Crippen molar-refractivity contribution in [3.05, 3.63) is 6.07 Å². The number of esters is 1. The summed E-state index contributed by atoms with van der Waals surface area (Å²) < 4.78 is 16.1. The van der Waals surface area contributed by atoms with Gasteiger partial charge in [-0.1, -0.05) is 78.0 Å². The van der Waals surface area contributed by atoms with Crippen LogP contribution in [0, 0.1) is 5.41 Å². The third-order valence-corrected chi connectivity index (χ3v) is 6.35. The van der Waals surface area contributed by atoms with Gasteiger partial charge < -0.3 is 14.2 Å². The Balaban J connectivity index is 2.96. The van der Waals surface area contributed by atoms with Gasteiger partial charge in [-0.15, -0.1) is 0 Å². The topological polar surface area (TPSA) is 70.5 Å². The molecular formula is C22H38N2O4S. The van der Waals surface area contributed by atoms with Crippen molar-refractivity contribution in [3.63, 3.8) is 0 Å². The molecule has 0 radical (unpaired) electrons. The number of thioether (sulfide) groups is 1. The van der Waals surface area contributed by atoms with E-state index in [9.17, 15) is 4.79 Å². The van der Waals surface area contributed by atoms with Gasteiger partial charge in [-0.3, -0.25) is 4.79 Å². The van der Waals surface area contributed by atoms with Crippen LogP contribution in [0.2, 0.25) is 0 Å². The Hall–Kier alpha value is -1.50. The molecule has 1 aromatic rings. The largest absolute Gasteiger partial charge is 0.481 e. The summed E-state index contributed by atoms with van der Waals surface area (Å²) in [5, 5.41) is 0.0556. The number of nitrogens with zero attached hydrogens (tertiary/aromatic N) is 2. The highest BCUT2D eigenvalue weighted by molar-refractivity contribution is 8.00. The Morgan fingerprint density at radius 3 is 2.14 bits per heavy atom.